The zero-order valence-corrected chi connectivity index (χ0v) is 20.1. The fourth-order valence-electron chi connectivity index (χ4n) is 3.44. The Bertz CT molecular complexity index is 1200. The van der Waals surface area contributed by atoms with E-state index in [-0.39, 0.29) is 10.7 Å². The molecule has 8 heteroatoms. The topological polar surface area (TPSA) is 75.7 Å². The molecule has 0 bridgehead atoms. The predicted molar refractivity (Wildman–Crippen MR) is 131 cm³/mol. The average molecular weight is 485 g/mol. The minimum Gasteiger partial charge on any atom is -0.492 e. The molecule has 0 aliphatic rings. The highest BCUT2D eigenvalue weighted by molar-refractivity contribution is 7.92. The summed E-state index contributed by atoms with van der Waals surface area (Å²) >= 11 is 0. The number of halogens is 1. The van der Waals surface area contributed by atoms with E-state index in [2.05, 4.69) is 5.32 Å². The van der Waals surface area contributed by atoms with Crippen LogP contribution in [-0.4, -0.2) is 34.0 Å². The predicted octanol–water partition coefficient (Wildman–Crippen LogP) is 4.48. The second kappa shape index (κ2) is 11.7. The largest absolute Gasteiger partial charge is 0.492 e. The van der Waals surface area contributed by atoms with Gasteiger partial charge in [-0.3, -0.25) is 9.10 Å². The number of hydrogen-bond donors (Lipinski definition) is 1. The maximum Gasteiger partial charge on any atom is 0.264 e. The van der Waals surface area contributed by atoms with Gasteiger partial charge in [-0.25, -0.2) is 12.8 Å². The fraction of sp³-hybridized carbons (Fsp3) is 0.269. The Labute approximate surface area is 200 Å². The number of aryl methyl sites for hydroxylation is 2. The van der Waals surface area contributed by atoms with Crippen LogP contribution in [0.2, 0.25) is 0 Å². The first-order valence-electron chi connectivity index (χ1n) is 11.1. The Morgan fingerprint density at radius 3 is 2.35 bits per heavy atom. The van der Waals surface area contributed by atoms with Gasteiger partial charge in [0.05, 0.1) is 17.2 Å². The molecule has 0 saturated carbocycles. The molecule has 0 spiro atoms. The van der Waals surface area contributed by atoms with Crippen molar-refractivity contribution in [3.05, 3.63) is 89.7 Å². The van der Waals surface area contributed by atoms with Gasteiger partial charge in [-0.15, -0.1) is 0 Å². The monoisotopic (exact) mass is 484 g/mol. The van der Waals surface area contributed by atoms with Crippen molar-refractivity contribution in [2.45, 2.75) is 31.6 Å². The van der Waals surface area contributed by atoms with Gasteiger partial charge in [0.15, 0.2) is 0 Å². The van der Waals surface area contributed by atoms with E-state index in [1.54, 1.807) is 48.5 Å². The van der Waals surface area contributed by atoms with Gasteiger partial charge in [-0.2, -0.15) is 0 Å². The van der Waals surface area contributed by atoms with E-state index >= 15 is 0 Å². The SMILES string of the molecule is CCOc1ccccc1N(CC(=O)NCCCc1ccc(F)cc1)S(=O)(=O)c1ccc(C)cc1. The van der Waals surface area contributed by atoms with Crippen molar-refractivity contribution in [2.24, 2.45) is 0 Å². The molecule has 34 heavy (non-hydrogen) atoms. The number of nitrogens with zero attached hydrogens (tertiary/aromatic N) is 1. The summed E-state index contributed by atoms with van der Waals surface area (Å²) < 4.78 is 46.8. The van der Waals surface area contributed by atoms with Gasteiger partial charge < -0.3 is 10.1 Å². The first kappa shape index (κ1) is 25.2. The molecule has 0 aliphatic carbocycles. The molecule has 0 fully saturated rings. The van der Waals surface area contributed by atoms with Crippen LogP contribution in [0.25, 0.3) is 0 Å². The van der Waals surface area contributed by atoms with Crippen molar-refractivity contribution in [1.29, 1.82) is 0 Å². The standard InChI is InChI=1S/C26H29FN2O4S/c1-3-33-25-9-5-4-8-24(25)29(34(31,32)23-16-10-20(2)11-17-23)19-26(30)28-18-6-7-21-12-14-22(27)15-13-21/h4-5,8-17H,3,6-7,18-19H2,1-2H3,(H,28,30). The third-order valence-electron chi connectivity index (χ3n) is 5.21. The van der Waals surface area contributed by atoms with Crippen LogP contribution in [-0.2, 0) is 21.2 Å². The van der Waals surface area contributed by atoms with Crippen molar-refractivity contribution < 1.29 is 22.3 Å². The molecule has 3 rings (SSSR count). The third-order valence-corrected chi connectivity index (χ3v) is 6.98. The molecule has 0 atom stereocenters. The molecule has 1 N–H and O–H groups in total. The number of amides is 1. The smallest absolute Gasteiger partial charge is 0.264 e. The van der Waals surface area contributed by atoms with Gasteiger partial charge in [-0.05, 0) is 68.7 Å². The Morgan fingerprint density at radius 2 is 1.68 bits per heavy atom. The zero-order chi connectivity index (χ0) is 24.6. The van der Waals surface area contributed by atoms with Crippen molar-refractivity contribution >= 4 is 21.6 Å². The van der Waals surface area contributed by atoms with E-state index in [1.807, 2.05) is 13.8 Å². The third kappa shape index (κ3) is 6.57. The van der Waals surface area contributed by atoms with Crippen LogP contribution in [0.1, 0.15) is 24.5 Å². The number of rotatable bonds is 11. The highest BCUT2D eigenvalue weighted by atomic mass is 32.2. The number of nitrogens with one attached hydrogen (secondary N) is 1. The van der Waals surface area contributed by atoms with Gasteiger partial charge in [-0.1, -0.05) is 42.0 Å². The molecule has 180 valence electrons. The Morgan fingerprint density at radius 1 is 1.00 bits per heavy atom. The number of hydrogen-bond acceptors (Lipinski definition) is 4. The minimum absolute atomic E-state index is 0.0912. The van der Waals surface area contributed by atoms with E-state index in [9.17, 15) is 17.6 Å². The van der Waals surface area contributed by atoms with Crippen LogP contribution in [0.15, 0.2) is 77.7 Å². The molecule has 0 saturated heterocycles. The lowest BCUT2D eigenvalue weighted by Crippen LogP contribution is -2.41. The summed E-state index contributed by atoms with van der Waals surface area (Å²) in [5.74, 6) is -0.342. The minimum atomic E-state index is -4.03. The van der Waals surface area contributed by atoms with Crippen LogP contribution >= 0.6 is 0 Å². The normalized spacial score (nSPS) is 11.1. The average Bonchev–Trinajstić information content (AvgIpc) is 2.82. The van der Waals surface area contributed by atoms with Gasteiger partial charge in [0, 0.05) is 6.54 Å². The van der Waals surface area contributed by atoms with Crippen LogP contribution < -0.4 is 14.4 Å². The second-order valence-electron chi connectivity index (χ2n) is 7.81. The van der Waals surface area contributed by atoms with Crippen molar-refractivity contribution in [1.82, 2.24) is 5.32 Å². The summed E-state index contributed by atoms with van der Waals surface area (Å²) in [6.45, 7) is 4.00. The zero-order valence-electron chi connectivity index (χ0n) is 19.3. The number of sulfonamides is 1. The lowest BCUT2D eigenvalue weighted by Gasteiger charge is -2.26. The van der Waals surface area contributed by atoms with Crippen molar-refractivity contribution in [3.63, 3.8) is 0 Å². The number of ether oxygens (including phenoxy) is 1. The van der Waals surface area contributed by atoms with Crippen LogP contribution in [0, 0.1) is 12.7 Å². The number of anilines is 1. The van der Waals surface area contributed by atoms with E-state index in [0.29, 0.717) is 37.4 Å². The molecule has 0 heterocycles. The summed E-state index contributed by atoms with van der Waals surface area (Å²) in [5.41, 5.74) is 2.19. The van der Waals surface area contributed by atoms with Crippen LogP contribution in [0.3, 0.4) is 0 Å². The molecule has 0 radical (unpaired) electrons. The first-order chi connectivity index (χ1) is 16.3. The van der Waals surface area contributed by atoms with Gasteiger partial charge >= 0.3 is 0 Å². The van der Waals surface area contributed by atoms with Gasteiger partial charge in [0.2, 0.25) is 5.91 Å². The maximum atomic E-state index is 13.5. The lowest BCUT2D eigenvalue weighted by molar-refractivity contribution is -0.119. The molecular weight excluding hydrogens is 455 g/mol. The molecule has 3 aromatic rings. The molecular formula is C26H29FN2O4S. The molecule has 0 unspecified atom stereocenters. The van der Waals surface area contributed by atoms with Crippen molar-refractivity contribution in [3.8, 4) is 5.75 Å². The van der Waals surface area contributed by atoms with Gasteiger partial charge in [0.25, 0.3) is 10.0 Å². The quantitative estimate of drug-likeness (QED) is 0.407. The molecule has 0 aromatic heterocycles. The Hall–Kier alpha value is -3.39. The summed E-state index contributed by atoms with van der Waals surface area (Å²) in [6, 6.07) is 19.5. The maximum absolute atomic E-state index is 13.5. The summed E-state index contributed by atoms with van der Waals surface area (Å²) in [4.78, 5) is 12.9. The number of benzene rings is 3. The molecule has 3 aromatic carbocycles. The Kier molecular flexibility index (Phi) is 8.65. The molecule has 0 aliphatic heterocycles. The highest BCUT2D eigenvalue weighted by Crippen LogP contribution is 2.32. The lowest BCUT2D eigenvalue weighted by atomic mass is 10.1. The van der Waals surface area contributed by atoms with E-state index in [0.717, 1.165) is 15.4 Å². The first-order valence-corrected chi connectivity index (χ1v) is 12.6. The highest BCUT2D eigenvalue weighted by Gasteiger charge is 2.29. The summed E-state index contributed by atoms with van der Waals surface area (Å²) in [7, 11) is -4.03. The van der Waals surface area contributed by atoms with Crippen LogP contribution in [0.4, 0.5) is 10.1 Å². The number of carbonyl (C=O) groups excluding carboxylic acids is 1. The number of para-hydroxylation sites is 2. The fourth-order valence-corrected chi connectivity index (χ4v) is 4.87. The number of carbonyl (C=O) groups is 1. The molecule has 6 nitrogen and oxygen atoms in total. The summed E-state index contributed by atoms with van der Waals surface area (Å²) in [6.07, 6.45) is 1.30. The van der Waals surface area contributed by atoms with Crippen LogP contribution in [0.5, 0.6) is 5.75 Å². The Balaban J connectivity index is 1.76. The van der Waals surface area contributed by atoms with E-state index < -0.39 is 22.5 Å². The molecule has 1 amide bonds. The van der Waals surface area contributed by atoms with E-state index in [1.165, 1.54) is 24.3 Å². The van der Waals surface area contributed by atoms with Crippen molar-refractivity contribution in [2.75, 3.05) is 24.0 Å². The van der Waals surface area contributed by atoms with E-state index in [4.69, 9.17) is 4.74 Å². The second-order valence-corrected chi connectivity index (χ2v) is 9.67. The van der Waals surface area contributed by atoms with Gasteiger partial charge in [0.1, 0.15) is 18.1 Å². The summed E-state index contributed by atoms with van der Waals surface area (Å²) in [5, 5.41) is 2.79.